The van der Waals surface area contributed by atoms with Crippen molar-refractivity contribution in [2.24, 2.45) is 0 Å². The fourth-order valence-electron chi connectivity index (χ4n) is 1.21. The number of benzene rings is 1. The minimum Gasteiger partial charge on any atom is -0.467 e. The minimum atomic E-state index is -0.792. The van der Waals surface area contributed by atoms with Crippen molar-refractivity contribution in [3.05, 3.63) is 29.3 Å². The normalized spacial score (nSPS) is 10.9. The Kier molecular flexibility index (Phi) is 3.58. The minimum absolute atomic E-state index is 0.331. The average molecular weight is 228 g/mol. The van der Waals surface area contributed by atoms with Crippen LogP contribution < -0.4 is 5.32 Å². The molecule has 4 heteroatoms. The number of carbonyl (C=O) groups is 1. The molecular formula is C11H14ClNO2. The van der Waals surface area contributed by atoms with Gasteiger partial charge in [0, 0.05) is 0 Å². The van der Waals surface area contributed by atoms with E-state index in [4.69, 9.17) is 11.6 Å². The van der Waals surface area contributed by atoms with Crippen molar-refractivity contribution >= 4 is 23.3 Å². The first-order valence-corrected chi connectivity index (χ1v) is 4.96. The molecule has 0 atom stereocenters. The highest BCUT2D eigenvalue weighted by molar-refractivity contribution is 6.33. The van der Waals surface area contributed by atoms with Gasteiger partial charge in [0.2, 0.25) is 0 Å². The molecular weight excluding hydrogens is 214 g/mol. The van der Waals surface area contributed by atoms with Crippen LogP contribution in [0, 0.1) is 0 Å². The van der Waals surface area contributed by atoms with Crippen LogP contribution >= 0.6 is 11.6 Å². The standard InChI is InChI=1S/C11H14ClNO2/c1-11(2,10(14)15-3)13-9-7-5-4-6-8(9)12/h4-7,13H,1-3H3. The van der Waals surface area contributed by atoms with Crippen molar-refractivity contribution in [1.82, 2.24) is 0 Å². The Morgan fingerprint density at radius 1 is 1.40 bits per heavy atom. The lowest BCUT2D eigenvalue weighted by atomic mass is 10.1. The molecule has 0 aliphatic rings. The highest BCUT2D eigenvalue weighted by Gasteiger charge is 2.28. The van der Waals surface area contributed by atoms with Crippen molar-refractivity contribution < 1.29 is 9.53 Å². The first-order chi connectivity index (χ1) is 6.97. The molecule has 3 nitrogen and oxygen atoms in total. The average Bonchev–Trinajstić information content (AvgIpc) is 2.20. The summed E-state index contributed by atoms with van der Waals surface area (Å²) < 4.78 is 4.68. The molecule has 0 saturated carbocycles. The zero-order valence-corrected chi connectivity index (χ0v) is 9.76. The van der Waals surface area contributed by atoms with Gasteiger partial charge in [-0.1, -0.05) is 23.7 Å². The van der Waals surface area contributed by atoms with E-state index in [2.05, 4.69) is 10.1 Å². The molecule has 0 spiro atoms. The molecule has 82 valence electrons. The van der Waals surface area contributed by atoms with Crippen molar-refractivity contribution in [3.8, 4) is 0 Å². The molecule has 1 rings (SSSR count). The Bertz CT molecular complexity index is 363. The van der Waals surface area contributed by atoms with Crippen molar-refractivity contribution in [3.63, 3.8) is 0 Å². The van der Waals surface area contributed by atoms with Gasteiger partial charge in [-0.15, -0.1) is 0 Å². The fraction of sp³-hybridized carbons (Fsp3) is 0.364. The molecule has 0 bridgehead atoms. The molecule has 0 radical (unpaired) electrons. The van der Waals surface area contributed by atoms with Crippen LogP contribution in [0.1, 0.15) is 13.8 Å². The van der Waals surface area contributed by atoms with E-state index in [0.717, 1.165) is 5.69 Å². The number of para-hydroxylation sites is 1. The van der Waals surface area contributed by atoms with Gasteiger partial charge in [-0.25, -0.2) is 4.79 Å². The first kappa shape index (κ1) is 11.9. The number of hydrogen-bond donors (Lipinski definition) is 1. The Balaban J connectivity index is 2.86. The monoisotopic (exact) mass is 227 g/mol. The molecule has 15 heavy (non-hydrogen) atoms. The number of esters is 1. The van der Waals surface area contributed by atoms with Crippen LogP contribution in [0.5, 0.6) is 0 Å². The quantitative estimate of drug-likeness (QED) is 0.807. The SMILES string of the molecule is COC(=O)C(C)(C)Nc1ccccc1Cl. The molecule has 0 unspecified atom stereocenters. The molecule has 1 aromatic carbocycles. The van der Waals surface area contributed by atoms with Crippen LogP contribution in [-0.2, 0) is 9.53 Å². The summed E-state index contributed by atoms with van der Waals surface area (Å²) in [5, 5.41) is 3.61. The van der Waals surface area contributed by atoms with Gasteiger partial charge in [-0.3, -0.25) is 0 Å². The number of carbonyl (C=O) groups excluding carboxylic acids is 1. The summed E-state index contributed by atoms with van der Waals surface area (Å²) in [5.74, 6) is -0.331. The van der Waals surface area contributed by atoms with E-state index in [0.29, 0.717) is 5.02 Å². The maximum absolute atomic E-state index is 11.4. The third kappa shape index (κ3) is 2.86. The number of ether oxygens (including phenoxy) is 1. The molecule has 0 heterocycles. The first-order valence-electron chi connectivity index (χ1n) is 4.58. The maximum Gasteiger partial charge on any atom is 0.330 e. The number of methoxy groups -OCH3 is 1. The maximum atomic E-state index is 11.4. The lowest BCUT2D eigenvalue weighted by molar-refractivity contribution is -0.144. The topological polar surface area (TPSA) is 38.3 Å². The van der Waals surface area contributed by atoms with Crippen molar-refractivity contribution in [1.29, 1.82) is 0 Å². The predicted molar refractivity (Wildman–Crippen MR) is 61.2 cm³/mol. The summed E-state index contributed by atoms with van der Waals surface area (Å²) in [4.78, 5) is 11.4. The van der Waals surface area contributed by atoms with Gasteiger partial charge in [0.1, 0.15) is 5.54 Å². The third-order valence-electron chi connectivity index (χ3n) is 2.02. The molecule has 0 aliphatic heterocycles. The predicted octanol–water partition coefficient (Wildman–Crippen LogP) is 2.70. The third-order valence-corrected chi connectivity index (χ3v) is 2.35. The number of hydrogen-bond acceptors (Lipinski definition) is 3. The number of nitrogens with one attached hydrogen (secondary N) is 1. The van der Waals surface area contributed by atoms with Crippen molar-refractivity contribution in [2.45, 2.75) is 19.4 Å². The van der Waals surface area contributed by atoms with Crippen LogP contribution in [0.15, 0.2) is 24.3 Å². The molecule has 1 N–H and O–H groups in total. The lowest BCUT2D eigenvalue weighted by Crippen LogP contribution is -2.41. The zero-order valence-electron chi connectivity index (χ0n) is 9.00. The van der Waals surface area contributed by atoms with E-state index in [1.807, 2.05) is 18.2 Å². The van der Waals surface area contributed by atoms with Crippen LogP contribution in [0.4, 0.5) is 5.69 Å². The Hall–Kier alpha value is -1.22. The van der Waals surface area contributed by atoms with Gasteiger partial charge in [0.25, 0.3) is 0 Å². The Labute approximate surface area is 94.4 Å². The molecule has 1 aromatic rings. The summed E-state index contributed by atoms with van der Waals surface area (Å²) in [5.41, 5.74) is -0.0747. The summed E-state index contributed by atoms with van der Waals surface area (Å²) >= 11 is 5.96. The summed E-state index contributed by atoms with van der Waals surface area (Å²) in [6.07, 6.45) is 0. The van der Waals surface area contributed by atoms with Gasteiger partial charge in [-0.05, 0) is 26.0 Å². The van der Waals surface area contributed by atoms with Gasteiger partial charge in [0.05, 0.1) is 17.8 Å². The lowest BCUT2D eigenvalue weighted by Gasteiger charge is -2.24. The highest BCUT2D eigenvalue weighted by Crippen LogP contribution is 2.24. The van der Waals surface area contributed by atoms with E-state index >= 15 is 0 Å². The summed E-state index contributed by atoms with van der Waals surface area (Å²) in [6.45, 7) is 3.48. The zero-order chi connectivity index (χ0) is 11.5. The Morgan fingerprint density at radius 3 is 2.53 bits per heavy atom. The van der Waals surface area contributed by atoms with E-state index in [1.54, 1.807) is 19.9 Å². The van der Waals surface area contributed by atoms with E-state index in [-0.39, 0.29) is 5.97 Å². The van der Waals surface area contributed by atoms with Crippen LogP contribution in [0.2, 0.25) is 5.02 Å². The molecule has 0 saturated heterocycles. The van der Waals surface area contributed by atoms with E-state index < -0.39 is 5.54 Å². The molecule has 0 fully saturated rings. The van der Waals surface area contributed by atoms with Gasteiger partial charge in [-0.2, -0.15) is 0 Å². The second-order valence-electron chi connectivity index (χ2n) is 3.72. The number of anilines is 1. The second kappa shape index (κ2) is 4.53. The van der Waals surface area contributed by atoms with Crippen LogP contribution in [0.3, 0.4) is 0 Å². The second-order valence-corrected chi connectivity index (χ2v) is 4.13. The summed E-state index contributed by atoms with van der Waals surface area (Å²) in [6, 6.07) is 7.25. The smallest absolute Gasteiger partial charge is 0.330 e. The number of rotatable bonds is 3. The van der Waals surface area contributed by atoms with E-state index in [9.17, 15) is 4.79 Å². The Morgan fingerprint density at radius 2 is 2.00 bits per heavy atom. The fourth-order valence-corrected chi connectivity index (χ4v) is 1.39. The largest absolute Gasteiger partial charge is 0.467 e. The van der Waals surface area contributed by atoms with Crippen LogP contribution in [0.25, 0.3) is 0 Å². The van der Waals surface area contributed by atoms with Crippen molar-refractivity contribution in [2.75, 3.05) is 12.4 Å². The summed E-state index contributed by atoms with van der Waals surface area (Å²) in [7, 11) is 1.36. The molecule has 0 aliphatic carbocycles. The molecule has 0 aromatic heterocycles. The van der Waals surface area contributed by atoms with Gasteiger partial charge in [0.15, 0.2) is 0 Å². The van der Waals surface area contributed by atoms with Crippen LogP contribution in [-0.4, -0.2) is 18.6 Å². The van der Waals surface area contributed by atoms with Gasteiger partial charge < -0.3 is 10.1 Å². The van der Waals surface area contributed by atoms with Gasteiger partial charge >= 0.3 is 5.97 Å². The highest BCUT2D eigenvalue weighted by atomic mass is 35.5. The van der Waals surface area contributed by atoms with E-state index in [1.165, 1.54) is 7.11 Å². The molecule has 0 amide bonds. The number of halogens is 1.